The van der Waals surface area contributed by atoms with Crippen LogP contribution < -0.4 is 5.32 Å². The summed E-state index contributed by atoms with van der Waals surface area (Å²) in [5.74, 6) is 0.203. The number of rotatable bonds is 5. The molecule has 88 valence electrons. The lowest BCUT2D eigenvalue weighted by Crippen LogP contribution is -2.42. The molecule has 0 bridgehead atoms. The summed E-state index contributed by atoms with van der Waals surface area (Å²) in [6.45, 7) is 2.87. The van der Waals surface area contributed by atoms with E-state index in [1.165, 1.54) is 0 Å². The Balaban J connectivity index is 2.13. The molecule has 1 N–H and O–H groups in total. The number of likely N-dealkylation sites (tertiary alicyclic amines) is 1. The lowest BCUT2D eigenvalue weighted by molar-refractivity contribution is -0.125. The summed E-state index contributed by atoms with van der Waals surface area (Å²) < 4.78 is 0. The summed E-state index contributed by atoms with van der Waals surface area (Å²) in [4.78, 5) is 16.0. The molecule has 0 aromatic rings. The van der Waals surface area contributed by atoms with Crippen LogP contribution in [0.1, 0.15) is 19.3 Å². The Morgan fingerprint density at radius 2 is 2.27 bits per heavy atom. The normalized spacial score (nSPS) is 22.3. The van der Waals surface area contributed by atoms with E-state index in [-0.39, 0.29) is 11.9 Å². The topological polar surface area (TPSA) is 35.6 Å². The highest BCUT2D eigenvalue weighted by atomic mass is 16.2. The van der Waals surface area contributed by atoms with Crippen molar-refractivity contribution in [3.8, 4) is 0 Å². The minimum Gasteiger partial charge on any atom is -0.355 e. The van der Waals surface area contributed by atoms with E-state index >= 15 is 0 Å². The lowest BCUT2D eigenvalue weighted by Gasteiger charge is -2.18. The number of nitrogens with zero attached hydrogens (tertiary/aromatic N) is 2. The molecule has 1 heterocycles. The quantitative estimate of drug-likeness (QED) is 0.660. The summed E-state index contributed by atoms with van der Waals surface area (Å²) in [7, 11) is 6.12. The Labute approximate surface area is 92.6 Å². The number of amides is 1. The van der Waals surface area contributed by atoms with Gasteiger partial charge in [0.1, 0.15) is 0 Å². The molecule has 0 aromatic carbocycles. The van der Waals surface area contributed by atoms with E-state index in [1.807, 2.05) is 21.1 Å². The average molecular weight is 213 g/mol. The number of hydrogen-bond donors (Lipinski definition) is 1. The standard InChI is InChI=1S/C11H23N3O/c1-13(2)8-5-7-12-11(15)10-6-4-9-14(10)3/h10H,4-9H2,1-3H3,(H,12,15). The monoisotopic (exact) mass is 213 g/mol. The fraction of sp³-hybridized carbons (Fsp3) is 0.909. The lowest BCUT2D eigenvalue weighted by atomic mass is 10.2. The van der Waals surface area contributed by atoms with Gasteiger partial charge in [0.15, 0.2) is 0 Å². The van der Waals surface area contributed by atoms with Gasteiger partial charge in [-0.05, 0) is 53.5 Å². The van der Waals surface area contributed by atoms with Gasteiger partial charge in [-0.15, -0.1) is 0 Å². The van der Waals surface area contributed by atoms with Gasteiger partial charge in [0, 0.05) is 6.54 Å². The Morgan fingerprint density at radius 3 is 2.80 bits per heavy atom. The van der Waals surface area contributed by atoms with Gasteiger partial charge in [-0.2, -0.15) is 0 Å². The van der Waals surface area contributed by atoms with Crippen molar-refractivity contribution in [1.29, 1.82) is 0 Å². The molecule has 0 aromatic heterocycles. The summed E-state index contributed by atoms with van der Waals surface area (Å²) in [6, 6.07) is 0.115. The molecule has 1 saturated heterocycles. The van der Waals surface area contributed by atoms with Gasteiger partial charge in [0.05, 0.1) is 6.04 Å². The molecule has 1 amide bonds. The highest BCUT2D eigenvalue weighted by Crippen LogP contribution is 2.14. The Bertz CT molecular complexity index is 206. The smallest absolute Gasteiger partial charge is 0.237 e. The van der Waals surface area contributed by atoms with E-state index in [0.29, 0.717) is 0 Å². The minimum absolute atomic E-state index is 0.115. The maximum absolute atomic E-state index is 11.7. The van der Waals surface area contributed by atoms with E-state index in [2.05, 4.69) is 15.1 Å². The maximum Gasteiger partial charge on any atom is 0.237 e. The third kappa shape index (κ3) is 4.18. The minimum atomic E-state index is 0.115. The van der Waals surface area contributed by atoms with E-state index in [9.17, 15) is 4.79 Å². The fourth-order valence-electron chi connectivity index (χ4n) is 1.97. The molecule has 1 unspecified atom stereocenters. The van der Waals surface area contributed by atoms with Crippen molar-refractivity contribution in [2.24, 2.45) is 0 Å². The molecule has 1 aliphatic rings. The first kappa shape index (κ1) is 12.5. The van der Waals surface area contributed by atoms with Crippen molar-refractivity contribution < 1.29 is 4.79 Å². The van der Waals surface area contributed by atoms with Crippen molar-refractivity contribution in [2.45, 2.75) is 25.3 Å². The zero-order chi connectivity index (χ0) is 11.3. The molecular weight excluding hydrogens is 190 g/mol. The van der Waals surface area contributed by atoms with Crippen LogP contribution in [0.2, 0.25) is 0 Å². The molecule has 0 radical (unpaired) electrons. The summed E-state index contributed by atoms with van der Waals surface area (Å²) in [5.41, 5.74) is 0. The van der Waals surface area contributed by atoms with Gasteiger partial charge in [-0.3, -0.25) is 9.69 Å². The summed E-state index contributed by atoms with van der Waals surface area (Å²) in [5, 5.41) is 3.00. The number of hydrogen-bond acceptors (Lipinski definition) is 3. The van der Waals surface area contributed by atoms with E-state index in [0.717, 1.165) is 38.9 Å². The molecule has 0 aliphatic carbocycles. The highest BCUT2D eigenvalue weighted by Gasteiger charge is 2.26. The molecular formula is C11H23N3O. The Kier molecular flexibility index (Phi) is 5.05. The van der Waals surface area contributed by atoms with Gasteiger partial charge >= 0.3 is 0 Å². The van der Waals surface area contributed by atoms with Crippen LogP contribution in [0.25, 0.3) is 0 Å². The number of likely N-dealkylation sites (N-methyl/N-ethyl adjacent to an activating group) is 1. The van der Waals surface area contributed by atoms with Crippen LogP contribution in [0.3, 0.4) is 0 Å². The molecule has 1 fully saturated rings. The van der Waals surface area contributed by atoms with Crippen LogP contribution in [0.4, 0.5) is 0 Å². The van der Waals surface area contributed by atoms with Gasteiger partial charge < -0.3 is 10.2 Å². The van der Waals surface area contributed by atoms with Gasteiger partial charge in [-0.1, -0.05) is 0 Å². The second-order valence-corrected chi connectivity index (χ2v) is 4.59. The molecule has 0 spiro atoms. The first-order chi connectivity index (χ1) is 7.11. The van der Waals surface area contributed by atoms with Gasteiger partial charge in [0.25, 0.3) is 0 Å². The first-order valence-corrected chi connectivity index (χ1v) is 5.74. The molecule has 4 nitrogen and oxygen atoms in total. The SMILES string of the molecule is CN(C)CCCNC(=O)C1CCCN1C. The summed E-state index contributed by atoms with van der Waals surface area (Å²) in [6.07, 6.45) is 3.18. The van der Waals surface area contributed by atoms with E-state index < -0.39 is 0 Å². The third-order valence-electron chi connectivity index (χ3n) is 2.90. The largest absolute Gasteiger partial charge is 0.355 e. The molecule has 0 saturated carbocycles. The third-order valence-corrected chi connectivity index (χ3v) is 2.90. The molecule has 1 rings (SSSR count). The first-order valence-electron chi connectivity index (χ1n) is 5.74. The van der Waals surface area contributed by atoms with E-state index in [4.69, 9.17) is 0 Å². The van der Waals surface area contributed by atoms with Crippen LogP contribution in [0.15, 0.2) is 0 Å². The van der Waals surface area contributed by atoms with Crippen molar-refractivity contribution in [3.05, 3.63) is 0 Å². The van der Waals surface area contributed by atoms with Crippen LogP contribution in [0.5, 0.6) is 0 Å². The second kappa shape index (κ2) is 6.08. The fourth-order valence-corrected chi connectivity index (χ4v) is 1.97. The van der Waals surface area contributed by atoms with Crippen LogP contribution >= 0.6 is 0 Å². The van der Waals surface area contributed by atoms with Crippen LogP contribution in [-0.2, 0) is 4.79 Å². The molecule has 1 atom stereocenters. The Hall–Kier alpha value is -0.610. The zero-order valence-corrected chi connectivity index (χ0v) is 10.1. The van der Waals surface area contributed by atoms with E-state index in [1.54, 1.807) is 0 Å². The molecule has 15 heavy (non-hydrogen) atoms. The number of nitrogens with one attached hydrogen (secondary N) is 1. The number of carbonyl (C=O) groups is 1. The summed E-state index contributed by atoms with van der Waals surface area (Å²) >= 11 is 0. The number of carbonyl (C=O) groups excluding carboxylic acids is 1. The van der Waals surface area contributed by atoms with Crippen LogP contribution in [0, 0.1) is 0 Å². The predicted molar refractivity (Wildman–Crippen MR) is 61.8 cm³/mol. The Morgan fingerprint density at radius 1 is 1.53 bits per heavy atom. The van der Waals surface area contributed by atoms with Gasteiger partial charge in [0.2, 0.25) is 5.91 Å². The van der Waals surface area contributed by atoms with Crippen molar-refractivity contribution in [2.75, 3.05) is 40.8 Å². The predicted octanol–water partition coefficient (Wildman–Crippen LogP) is 0.149. The maximum atomic E-state index is 11.7. The van der Waals surface area contributed by atoms with Crippen molar-refractivity contribution in [1.82, 2.24) is 15.1 Å². The van der Waals surface area contributed by atoms with Crippen molar-refractivity contribution >= 4 is 5.91 Å². The second-order valence-electron chi connectivity index (χ2n) is 4.59. The van der Waals surface area contributed by atoms with Gasteiger partial charge in [-0.25, -0.2) is 0 Å². The molecule has 4 heteroatoms. The average Bonchev–Trinajstić information content (AvgIpc) is 2.58. The molecule has 1 aliphatic heterocycles. The van der Waals surface area contributed by atoms with Crippen molar-refractivity contribution in [3.63, 3.8) is 0 Å². The van der Waals surface area contributed by atoms with Crippen LogP contribution in [-0.4, -0.2) is 62.5 Å². The zero-order valence-electron chi connectivity index (χ0n) is 10.1. The highest BCUT2D eigenvalue weighted by molar-refractivity contribution is 5.81.